The first-order valence-electron chi connectivity index (χ1n) is 6.82. The monoisotopic (exact) mass is 280 g/mol. The Morgan fingerprint density at radius 1 is 1.10 bits per heavy atom. The summed E-state index contributed by atoms with van der Waals surface area (Å²) in [6.45, 7) is 2.80. The van der Waals surface area contributed by atoms with E-state index in [2.05, 4.69) is 17.4 Å². The van der Waals surface area contributed by atoms with Crippen LogP contribution in [-0.4, -0.2) is 58.0 Å². The highest BCUT2D eigenvalue weighted by molar-refractivity contribution is 5.74. The van der Waals surface area contributed by atoms with Crippen LogP contribution in [0.25, 0.3) is 0 Å². The molecule has 0 heterocycles. The summed E-state index contributed by atoms with van der Waals surface area (Å²) in [6, 6.07) is 10.0. The van der Waals surface area contributed by atoms with E-state index < -0.39 is 0 Å². The van der Waals surface area contributed by atoms with Gasteiger partial charge in [0.2, 0.25) is 0 Å². The van der Waals surface area contributed by atoms with E-state index in [1.807, 2.05) is 18.2 Å². The number of carbonyl (C=O) groups excluding carboxylic acids is 1. The molecule has 1 rings (SSSR count). The molecule has 0 aliphatic heterocycles. The maximum Gasteiger partial charge on any atom is 0.317 e. The summed E-state index contributed by atoms with van der Waals surface area (Å²) in [5.74, 6) is 0. The van der Waals surface area contributed by atoms with Gasteiger partial charge in [-0.15, -0.1) is 0 Å². The highest BCUT2D eigenvalue weighted by Gasteiger charge is 2.11. The van der Waals surface area contributed by atoms with E-state index in [9.17, 15) is 4.79 Å². The number of carbonyl (C=O) groups is 1. The van der Waals surface area contributed by atoms with Crippen molar-refractivity contribution in [1.82, 2.24) is 10.2 Å². The Bertz CT molecular complexity index is 363. The Balaban J connectivity index is 2.32. The predicted octanol–water partition coefficient (Wildman–Crippen LogP) is 1.53. The van der Waals surface area contributed by atoms with Crippen molar-refractivity contribution >= 4 is 6.03 Å². The average Bonchev–Trinajstić information content (AvgIpc) is 2.48. The molecule has 5 nitrogen and oxygen atoms in total. The fourth-order valence-electron chi connectivity index (χ4n) is 1.79. The van der Waals surface area contributed by atoms with Gasteiger partial charge in [0.05, 0.1) is 13.2 Å². The minimum Gasteiger partial charge on any atom is -0.383 e. The van der Waals surface area contributed by atoms with Gasteiger partial charge in [0.15, 0.2) is 0 Å². The zero-order valence-corrected chi connectivity index (χ0v) is 12.3. The number of benzene rings is 1. The zero-order chi connectivity index (χ0) is 14.6. The number of rotatable bonds is 9. The molecular formula is C15H24N2O3. The number of hydrogen-bond donors (Lipinski definition) is 1. The van der Waals surface area contributed by atoms with Crippen LogP contribution in [0, 0.1) is 0 Å². The lowest BCUT2D eigenvalue weighted by Crippen LogP contribution is -2.43. The third-order valence-corrected chi connectivity index (χ3v) is 2.95. The third kappa shape index (κ3) is 6.54. The van der Waals surface area contributed by atoms with E-state index in [1.54, 1.807) is 19.1 Å². The summed E-state index contributed by atoms with van der Waals surface area (Å²) in [5.41, 5.74) is 1.22. The predicted molar refractivity (Wildman–Crippen MR) is 78.9 cm³/mol. The summed E-state index contributed by atoms with van der Waals surface area (Å²) < 4.78 is 10.0. The Morgan fingerprint density at radius 3 is 2.25 bits per heavy atom. The van der Waals surface area contributed by atoms with Crippen LogP contribution in [0.5, 0.6) is 0 Å². The lowest BCUT2D eigenvalue weighted by Gasteiger charge is -2.22. The molecular weight excluding hydrogens is 256 g/mol. The minimum absolute atomic E-state index is 0.0740. The normalized spacial score (nSPS) is 10.3. The zero-order valence-electron chi connectivity index (χ0n) is 12.3. The molecule has 0 aromatic heterocycles. The fourth-order valence-corrected chi connectivity index (χ4v) is 1.79. The summed E-state index contributed by atoms with van der Waals surface area (Å²) in [5, 5.41) is 2.92. The molecule has 0 spiro atoms. The van der Waals surface area contributed by atoms with Crippen molar-refractivity contribution in [2.24, 2.45) is 0 Å². The molecule has 1 aromatic rings. The second-order valence-corrected chi connectivity index (χ2v) is 4.44. The Morgan fingerprint density at radius 2 is 1.70 bits per heavy atom. The van der Waals surface area contributed by atoms with Crippen molar-refractivity contribution in [1.29, 1.82) is 0 Å². The summed E-state index contributed by atoms with van der Waals surface area (Å²) in [6.07, 6.45) is 0.828. The summed E-state index contributed by atoms with van der Waals surface area (Å²) in [7, 11) is 3.25. The second-order valence-electron chi connectivity index (χ2n) is 4.44. The van der Waals surface area contributed by atoms with Crippen LogP contribution in [0.15, 0.2) is 30.3 Å². The Labute approximate surface area is 120 Å². The molecule has 0 unspecified atom stereocenters. The van der Waals surface area contributed by atoms with Gasteiger partial charge in [-0.05, 0) is 12.0 Å². The Kier molecular flexibility index (Phi) is 8.42. The molecule has 0 saturated heterocycles. The number of nitrogens with zero attached hydrogens (tertiary/aromatic N) is 1. The number of nitrogens with one attached hydrogen (secondary N) is 1. The number of hydrogen-bond acceptors (Lipinski definition) is 3. The van der Waals surface area contributed by atoms with E-state index in [1.165, 1.54) is 5.56 Å². The molecule has 0 atom stereocenters. The van der Waals surface area contributed by atoms with Crippen LogP contribution in [0.4, 0.5) is 4.79 Å². The highest BCUT2D eigenvalue weighted by atomic mass is 16.5. The molecule has 2 amide bonds. The SMILES string of the molecule is COCCN(CCOC)C(=O)NCCc1ccccc1. The minimum atomic E-state index is -0.0740. The van der Waals surface area contributed by atoms with Crippen molar-refractivity contribution in [2.75, 3.05) is 47.1 Å². The molecule has 0 bridgehead atoms. The van der Waals surface area contributed by atoms with Gasteiger partial charge in [-0.25, -0.2) is 4.79 Å². The molecule has 0 aliphatic carbocycles. The van der Waals surface area contributed by atoms with E-state index >= 15 is 0 Å². The van der Waals surface area contributed by atoms with Crippen LogP contribution in [0.2, 0.25) is 0 Å². The van der Waals surface area contributed by atoms with Gasteiger partial charge in [-0.1, -0.05) is 30.3 Å². The molecule has 0 radical (unpaired) electrons. The second kappa shape index (κ2) is 10.2. The third-order valence-electron chi connectivity index (χ3n) is 2.95. The lowest BCUT2D eigenvalue weighted by atomic mass is 10.1. The molecule has 112 valence electrons. The van der Waals surface area contributed by atoms with Crippen LogP contribution >= 0.6 is 0 Å². The number of ether oxygens (including phenoxy) is 2. The number of urea groups is 1. The summed E-state index contributed by atoms with van der Waals surface area (Å²) in [4.78, 5) is 13.8. The van der Waals surface area contributed by atoms with E-state index in [4.69, 9.17) is 9.47 Å². The Hall–Kier alpha value is -1.59. The first-order valence-corrected chi connectivity index (χ1v) is 6.82. The van der Waals surface area contributed by atoms with Gasteiger partial charge < -0.3 is 19.7 Å². The van der Waals surface area contributed by atoms with Gasteiger partial charge in [-0.3, -0.25) is 0 Å². The van der Waals surface area contributed by atoms with Crippen molar-refractivity contribution in [3.05, 3.63) is 35.9 Å². The smallest absolute Gasteiger partial charge is 0.317 e. The molecule has 0 saturated carbocycles. The average molecular weight is 280 g/mol. The molecule has 5 heteroatoms. The molecule has 20 heavy (non-hydrogen) atoms. The van der Waals surface area contributed by atoms with E-state index in [0.29, 0.717) is 32.8 Å². The van der Waals surface area contributed by atoms with Crippen LogP contribution < -0.4 is 5.32 Å². The van der Waals surface area contributed by atoms with Crippen molar-refractivity contribution < 1.29 is 14.3 Å². The van der Waals surface area contributed by atoms with E-state index in [-0.39, 0.29) is 6.03 Å². The molecule has 1 N–H and O–H groups in total. The van der Waals surface area contributed by atoms with Gasteiger partial charge >= 0.3 is 6.03 Å². The van der Waals surface area contributed by atoms with Gasteiger partial charge in [-0.2, -0.15) is 0 Å². The molecule has 0 aliphatic rings. The van der Waals surface area contributed by atoms with Crippen LogP contribution in [-0.2, 0) is 15.9 Å². The number of amides is 2. The van der Waals surface area contributed by atoms with E-state index in [0.717, 1.165) is 6.42 Å². The topological polar surface area (TPSA) is 50.8 Å². The first-order chi connectivity index (χ1) is 9.77. The quantitative estimate of drug-likeness (QED) is 0.746. The highest BCUT2D eigenvalue weighted by Crippen LogP contribution is 1.98. The largest absolute Gasteiger partial charge is 0.383 e. The van der Waals surface area contributed by atoms with Crippen molar-refractivity contribution in [3.63, 3.8) is 0 Å². The van der Waals surface area contributed by atoms with Crippen molar-refractivity contribution in [2.45, 2.75) is 6.42 Å². The molecule has 0 fully saturated rings. The maximum atomic E-state index is 12.0. The van der Waals surface area contributed by atoms with Gasteiger partial charge in [0.1, 0.15) is 0 Å². The first kappa shape index (κ1) is 16.5. The molecule has 1 aromatic carbocycles. The van der Waals surface area contributed by atoms with Gasteiger partial charge in [0.25, 0.3) is 0 Å². The van der Waals surface area contributed by atoms with Crippen LogP contribution in [0.1, 0.15) is 5.56 Å². The summed E-state index contributed by atoms with van der Waals surface area (Å²) >= 11 is 0. The van der Waals surface area contributed by atoms with Crippen LogP contribution in [0.3, 0.4) is 0 Å². The van der Waals surface area contributed by atoms with Crippen molar-refractivity contribution in [3.8, 4) is 0 Å². The standard InChI is InChI=1S/C15H24N2O3/c1-19-12-10-17(11-13-20-2)15(18)16-9-8-14-6-4-3-5-7-14/h3-7H,8-13H2,1-2H3,(H,16,18). The lowest BCUT2D eigenvalue weighted by molar-refractivity contribution is 0.122. The fraction of sp³-hybridized carbons (Fsp3) is 0.533. The number of methoxy groups -OCH3 is 2. The maximum absolute atomic E-state index is 12.0. The van der Waals surface area contributed by atoms with Gasteiger partial charge in [0, 0.05) is 33.9 Å².